The van der Waals surface area contributed by atoms with Crippen LogP contribution in [0.2, 0.25) is 10.0 Å². The summed E-state index contributed by atoms with van der Waals surface area (Å²) in [6, 6.07) is 14.5. The highest BCUT2D eigenvalue weighted by atomic mass is 35.5. The summed E-state index contributed by atoms with van der Waals surface area (Å²) in [6.07, 6.45) is -0.978. The molecule has 3 aromatic rings. The van der Waals surface area contributed by atoms with E-state index in [9.17, 15) is 5.11 Å². The highest BCUT2D eigenvalue weighted by Gasteiger charge is 2.20. The molecule has 0 saturated heterocycles. The molecule has 0 aliphatic carbocycles. The van der Waals surface area contributed by atoms with Gasteiger partial charge in [0.15, 0.2) is 0 Å². The SMILES string of the molecule is OC(c1cc2ccccc2o1)c1c(Cl)cccc1Cl. The quantitative estimate of drug-likeness (QED) is 0.734. The number of hydrogen-bond donors (Lipinski definition) is 1. The Kier molecular flexibility index (Phi) is 3.23. The van der Waals surface area contributed by atoms with E-state index in [4.69, 9.17) is 27.6 Å². The third kappa shape index (κ3) is 2.23. The first-order valence-corrected chi connectivity index (χ1v) is 6.53. The second kappa shape index (κ2) is 4.89. The largest absolute Gasteiger partial charge is 0.458 e. The molecule has 0 bridgehead atoms. The van der Waals surface area contributed by atoms with Crippen molar-refractivity contribution in [1.29, 1.82) is 0 Å². The summed E-state index contributed by atoms with van der Waals surface area (Å²) in [5.74, 6) is 0.427. The second-order valence-electron chi connectivity index (χ2n) is 4.22. The number of fused-ring (bicyclic) bond motifs is 1. The van der Waals surface area contributed by atoms with E-state index in [1.54, 1.807) is 24.3 Å². The Balaban J connectivity index is 2.10. The van der Waals surface area contributed by atoms with E-state index < -0.39 is 6.10 Å². The summed E-state index contributed by atoms with van der Waals surface area (Å²) in [7, 11) is 0. The average Bonchev–Trinajstić information content (AvgIpc) is 2.82. The lowest BCUT2D eigenvalue weighted by Crippen LogP contribution is -1.99. The third-order valence-corrected chi connectivity index (χ3v) is 3.65. The van der Waals surface area contributed by atoms with Crippen molar-refractivity contribution < 1.29 is 9.52 Å². The van der Waals surface area contributed by atoms with Gasteiger partial charge in [0.25, 0.3) is 0 Å². The zero-order valence-corrected chi connectivity index (χ0v) is 11.3. The predicted molar refractivity (Wildman–Crippen MR) is 76.7 cm³/mol. The van der Waals surface area contributed by atoms with Crippen molar-refractivity contribution in [3.8, 4) is 0 Å². The van der Waals surface area contributed by atoms with Crippen molar-refractivity contribution in [1.82, 2.24) is 0 Å². The molecule has 0 amide bonds. The molecule has 0 aliphatic rings. The summed E-state index contributed by atoms with van der Waals surface area (Å²) in [6.45, 7) is 0. The zero-order chi connectivity index (χ0) is 13.4. The minimum absolute atomic E-state index is 0.417. The van der Waals surface area contributed by atoms with E-state index in [1.807, 2.05) is 24.3 Å². The van der Waals surface area contributed by atoms with Crippen molar-refractivity contribution in [2.45, 2.75) is 6.10 Å². The van der Waals surface area contributed by atoms with Crippen molar-refractivity contribution >= 4 is 34.2 Å². The summed E-state index contributed by atoms with van der Waals surface area (Å²) >= 11 is 12.2. The Morgan fingerprint density at radius 3 is 2.32 bits per heavy atom. The van der Waals surface area contributed by atoms with E-state index >= 15 is 0 Å². The molecular formula is C15H10Cl2O2. The van der Waals surface area contributed by atoms with Gasteiger partial charge in [-0.2, -0.15) is 0 Å². The standard InChI is InChI=1S/C15H10Cl2O2/c16-10-5-3-6-11(17)14(10)15(18)13-8-9-4-1-2-7-12(9)19-13/h1-8,15,18H. The summed E-state index contributed by atoms with van der Waals surface area (Å²) in [5, 5.41) is 12.2. The van der Waals surface area contributed by atoms with Crippen molar-refractivity contribution in [3.05, 3.63) is 69.9 Å². The summed E-state index contributed by atoms with van der Waals surface area (Å²) < 4.78 is 5.63. The number of benzene rings is 2. The minimum atomic E-state index is -0.978. The first-order chi connectivity index (χ1) is 9.16. The van der Waals surface area contributed by atoms with Crippen LogP contribution >= 0.6 is 23.2 Å². The Morgan fingerprint density at radius 1 is 0.947 bits per heavy atom. The van der Waals surface area contributed by atoms with Crippen molar-refractivity contribution in [3.63, 3.8) is 0 Å². The fraction of sp³-hybridized carbons (Fsp3) is 0.0667. The summed E-state index contributed by atoms with van der Waals surface area (Å²) in [5.41, 5.74) is 1.18. The van der Waals surface area contributed by atoms with Gasteiger partial charge >= 0.3 is 0 Å². The van der Waals surface area contributed by atoms with Crippen molar-refractivity contribution in [2.75, 3.05) is 0 Å². The molecule has 19 heavy (non-hydrogen) atoms. The molecule has 96 valence electrons. The van der Waals surface area contributed by atoms with Gasteiger partial charge in [-0.3, -0.25) is 0 Å². The molecule has 3 rings (SSSR count). The number of rotatable bonds is 2. The molecule has 0 saturated carbocycles. The molecule has 1 N–H and O–H groups in total. The smallest absolute Gasteiger partial charge is 0.140 e. The van der Waals surface area contributed by atoms with Gasteiger partial charge in [-0.25, -0.2) is 0 Å². The molecule has 1 aromatic heterocycles. The highest BCUT2D eigenvalue weighted by molar-refractivity contribution is 6.36. The molecule has 1 unspecified atom stereocenters. The first kappa shape index (κ1) is 12.5. The first-order valence-electron chi connectivity index (χ1n) is 5.77. The fourth-order valence-electron chi connectivity index (χ4n) is 2.05. The highest BCUT2D eigenvalue weighted by Crippen LogP contribution is 2.35. The Labute approximate surface area is 120 Å². The lowest BCUT2D eigenvalue weighted by molar-refractivity contribution is 0.192. The van der Waals surface area contributed by atoms with Gasteiger partial charge in [0.05, 0.1) is 0 Å². The Bertz CT molecular complexity index is 681. The molecule has 0 aliphatic heterocycles. The molecule has 0 fully saturated rings. The van der Waals surface area contributed by atoms with Crippen LogP contribution in [0.5, 0.6) is 0 Å². The number of para-hydroxylation sites is 1. The number of hydrogen-bond acceptors (Lipinski definition) is 2. The number of halogens is 2. The fourth-order valence-corrected chi connectivity index (χ4v) is 2.66. The van der Waals surface area contributed by atoms with Crippen LogP contribution in [-0.4, -0.2) is 5.11 Å². The third-order valence-electron chi connectivity index (χ3n) is 2.99. The topological polar surface area (TPSA) is 33.4 Å². The van der Waals surface area contributed by atoms with Crippen LogP contribution in [0.15, 0.2) is 52.9 Å². The van der Waals surface area contributed by atoms with Gasteiger partial charge in [-0.1, -0.05) is 47.5 Å². The van der Waals surface area contributed by atoms with Crippen LogP contribution in [0, 0.1) is 0 Å². The number of aliphatic hydroxyl groups is 1. The molecular weight excluding hydrogens is 283 g/mol. The van der Waals surface area contributed by atoms with E-state index in [0.29, 0.717) is 21.4 Å². The minimum Gasteiger partial charge on any atom is -0.458 e. The molecule has 4 heteroatoms. The Hall–Kier alpha value is -1.48. The number of aliphatic hydroxyl groups excluding tert-OH is 1. The predicted octanol–water partition coefficient (Wildman–Crippen LogP) is 4.82. The maximum atomic E-state index is 10.4. The Morgan fingerprint density at radius 2 is 1.63 bits per heavy atom. The van der Waals surface area contributed by atoms with Crippen LogP contribution in [0.1, 0.15) is 17.4 Å². The normalized spacial score (nSPS) is 12.8. The molecule has 0 radical (unpaired) electrons. The monoisotopic (exact) mass is 292 g/mol. The lowest BCUT2D eigenvalue weighted by atomic mass is 10.1. The molecule has 1 atom stereocenters. The van der Waals surface area contributed by atoms with Gasteiger partial charge in [0.1, 0.15) is 17.4 Å². The molecule has 2 aromatic carbocycles. The van der Waals surface area contributed by atoms with Gasteiger partial charge in [0, 0.05) is 21.0 Å². The van der Waals surface area contributed by atoms with Gasteiger partial charge in [-0.15, -0.1) is 0 Å². The van der Waals surface area contributed by atoms with Crippen LogP contribution in [-0.2, 0) is 0 Å². The molecule has 0 spiro atoms. The molecule has 1 heterocycles. The summed E-state index contributed by atoms with van der Waals surface area (Å²) in [4.78, 5) is 0. The molecule has 2 nitrogen and oxygen atoms in total. The van der Waals surface area contributed by atoms with E-state index in [1.165, 1.54) is 0 Å². The zero-order valence-electron chi connectivity index (χ0n) is 9.81. The van der Waals surface area contributed by atoms with Gasteiger partial charge in [-0.05, 0) is 24.3 Å². The maximum Gasteiger partial charge on any atom is 0.140 e. The lowest BCUT2D eigenvalue weighted by Gasteiger charge is -2.11. The second-order valence-corrected chi connectivity index (χ2v) is 5.04. The number of furan rings is 1. The van der Waals surface area contributed by atoms with Crippen LogP contribution < -0.4 is 0 Å². The van der Waals surface area contributed by atoms with Gasteiger partial charge in [0.2, 0.25) is 0 Å². The average molecular weight is 293 g/mol. The van der Waals surface area contributed by atoms with Crippen LogP contribution in [0.25, 0.3) is 11.0 Å². The maximum absolute atomic E-state index is 10.4. The van der Waals surface area contributed by atoms with Crippen LogP contribution in [0.4, 0.5) is 0 Å². The van der Waals surface area contributed by atoms with Crippen LogP contribution in [0.3, 0.4) is 0 Å². The van der Waals surface area contributed by atoms with E-state index in [2.05, 4.69) is 0 Å². The van der Waals surface area contributed by atoms with E-state index in [-0.39, 0.29) is 0 Å². The van der Waals surface area contributed by atoms with Crippen molar-refractivity contribution in [2.24, 2.45) is 0 Å². The van der Waals surface area contributed by atoms with Gasteiger partial charge < -0.3 is 9.52 Å². The van der Waals surface area contributed by atoms with E-state index in [0.717, 1.165) is 11.0 Å².